The predicted octanol–water partition coefficient (Wildman–Crippen LogP) is 2.47. The summed E-state index contributed by atoms with van der Waals surface area (Å²) >= 11 is 0. The molecule has 0 fully saturated rings. The van der Waals surface area contributed by atoms with Crippen LogP contribution in [0.25, 0.3) is 16.9 Å². The average molecular weight is 537 g/mol. The zero-order valence-corrected chi connectivity index (χ0v) is 22.1. The van der Waals surface area contributed by atoms with Crippen LogP contribution in [0.5, 0.6) is 5.75 Å². The van der Waals surface area contributed by atoms with E-state index in [1.54, 1.807) is 44.2 Å². The normalized spacial score (nSPS) is 21.8. The van der Waals surface area contributed by atoms with E-state index in [9.17, 15) is 39.6 Å². The largest absolute Gasteiger partial charge is 0.508 e. The van der Waals surface area contributed by atoms with Gasteiger partial charge in [-0.2, -0.15) is 0 Å². The molecule has 0 radical (unpaired) electrons. The molecule has 3 atom stereocenters. The highest BCUT2D eigenvalue weighted by atomic mass is 16.3. The highest BCUT2D eigenvalue weighted by Gasteiger charge is 2.58. The molecule has 1 amide bonds. The number of hydrogen-bond acceptors (Lipinski definition) is 9. The van der Waals surface area contributed by atoms with Crippen LogP contribution in [0.2, 0.25) is 0 Å². The number of nitrogens with zero attached hydrogens (tertiary/aromatic N) is 1. The van der Waals surface area contributed by atoms with Crippen molar-refractivity contribution in [3.8, 4) is 16.9 Å². The van der Waals surface area contributed by atoms with Crippen molar-refractivity contribution in [3.63, 3.8) is 0 Å². The SMILES string of the molecule is CCc1c(-c2cccc(C=O)c2)ccc(O)c1C(O)=CC(=O)[C@]1(O)C(O)=C(C(N)=O)C(=O)[C@@H](N(C)C)[C@@H]1CC. The van der Waals surface area contributed by atoms with Crippen LogP contribution in [0.3, 0.4) is 0 Å². The minimum Gasteiger partial charge on any atom is -0.508 e. The van der Waals surface area contributed by atoms with Gasteiger partial charge in [0, 0.05) is 17.6 Å². The highest BCUT2D eigenvalue weighted by molar-refractivity contribution is 6.23. The summed E-state index contributed by atoms with van der Waals surface area (Å²) in [4.78, 5) is 51.3. The Morgan fingerprint density at radius 1 is 1.13 bits per heavy atom. The van der Waals surface area contributed by atoms with Gasteiger partial charge in [0.25, 0.3) is 5.91 Å². The Morgan fingerprint density at radius 3 is 2.33 bits per heavy atom. The number of ketones is 2. The summed E-state index contributed by atoms with van der Waals surface area (Å²) in [6, 6.07) is 8.45. The molecule has 2 aromatic carbocycles. The van der Waals surface area contributed by atoms with E-state index in [1.807, 2.05) is 0 Å². The number of rotatable bonds is 9. The lowest BCUT2D eigenvalue weighted by Gasteiger charge is -2.43. The zero-order chi connectivity index (χ0) is 29.2. The third-order valence-electron chi connectivity index (χ3n) is 7.15. The molecule has 1 aliphatic carbocycles. The Balaban J connectivity index is 2.23. The van der Waals surface area contributed by atoms with E-state index >= 15 is 0 Å². The van der Waals surface area contributed by atoms with E-state index in [-0.39, 0.29) is 17.7 Å². The number of likely N-dealkylation sites (N-methyl/N-ethyl adjacent to an activating group) is 1. The maximum Gasteiger partial charge on any atom is 0.255 e. The number of Topliss-reactive ketones (excluding diaryl/α,β-unsaturated/α-hetero) is 1. The summed E-state index contributed by atoms with van der Waals surface area (Å²) in [6.45, 7) is 3.36. The lowest BCUT2D eigenvalue weighted by molar-refractivity contribution is -0.147. The molecule has 10 nitrogen and oxygen atoms in total. The first-order chi connectivity index (χ1) is 18.3. The summed E-state index contributed by atoms with van der Waals surface area (Å²) in [5.41, 5.74) is 3.65. The molecule has 3 rings (SSSR count). The van der Waals surface area contributed by atoms with Gasteiger partial charge in [0.2, 0.25) is 0 Å². The minimum atomic E-state index is -2.77. The van der Waals surface area contributed by atoms with Crippen LogP contribution in [0.1, 0.15) is 41.8 Å². The Kier molecular flexibility index (Phi) is 8.42. The van der Waals surface area contributed by atoms with Crippen LogP contribution in [0, 0.1) is 5.92 Å². The number of carbonyl (C=O) groups is 4. The van der Waals surface area contributed by atoms with E-state index in [1.165, 1.54) is 25.1 Å². The molecule has 0 bridgehead atoms. The lowest BCUT2D eigenvalue weighted by atomic mass is 9.67. The van der Waals surface area contributed by atoms with Crippen LogP contribution >= 0.6 is 0 Å². The van der Waals surface area contributed by atoms with Gasteiger partial charge in [-0.1, -0.05) is 38.1 Å². The second-order valence-electron chi connectivity index (χ2n) is 9.62. The van der Waals surface area contributed by atoms with Crippen molar-refractivity contribution in [3.05, 3.63) is 70.5 Å². The van der Waals surface area contributed by atoms with Gasteiger partial charge in [-0.05, 0) is 55.8 Å². The molecule has 0 aliphatic heterocycles. The van der Waals surface area contributed by atoms with Gasteiger partial charge >= 0.3 is 0 Å². The fourth-order valence-corrected chi connectivity index (χ4v) is 5.34. The third kappa shape index (κ3) is 4.96. The molecule has 0 spiro atoms. The van der Waals surface area contributed by atoms with Crippen LogP contribution < -0.4 is 5.73 Å². The van der Waals surface area contributed by atoms with Crippen LogP contribution in [-0.2, 0) is 20.8 Å². The van der Waals surface area contributed by atoms with Crippen molar-refractivity contribution in [2.75, 3.05) is 14.1 Å². The fourth-order valence-electron chi connectivity index (χ4n) is 5.34. The smallest absolute Gasteiger partial charge is 0.255 e. The predicted molar refractivity (Wildman–Crippen MR) is 144 cm³/mol. The molecule has 39 heavy (non-hydrogen) atoms. The number of aliphatic hydroxyl groups excluding tert-OH is 2. The molecule has 2 aromatic rings. The van der Waals surface area contributed by atoms with E-state index in [4.69, 9.17) is 5.73 Å². The molecule has 0 aromatic heterocycles. The number of primary amides is 1. The number of phenolic OH excluding ortho intramolecular Hbond substituents is 1. The molecular formula is C29H32N2O8. The number of phenols is 1. The van der Waals surface area contributed by atoms with Crippen molar-refractivity contribution in [1.29, 1.82) is 0 Å². The second-order valence-corrected chi connectivity index (χ2v) is 9.62. The number of nitrogens with two attached hydrogens (primary N) is 1. The Bertz CT molecular complexity index is 1410. The topological polar surface area (TPSA) is 178 Å². The van der Waals surface area contributed by atoms with E-state index in [0.29, 0.717) is 41.0 Å². The third-order valence-corrected chi connectivity index (χ3v) is 7.15. The molecule has 0 saturated carbocycles. The summed E-state index contributed by atoms with van der Waals surface area (Å²) in [5.74, 6) is -6.80. The minimum absolute atomic E-state index is 0.0373. The first kappa shape index (κ1) is 29.3. The van der Waals surface area contributed by atoms with E-state index in [0.717, 1.165) is 0 Å². The molecule has 1 aliphatic rings. The summed E-state index contributed by atoms with van der Waals surface area (Å²) in [5, 5.41) is 44.2. The Hall–Kier alpha value is -4.28. The van der Waals surface area contributed by atoms with Gasteiger partial charge in [0.05, 0.1) is 11.6 Å². The van der Waals surface area contributed by atoms with Gasteiger partial charge in [-0.3, -0.25) is 24.1 Å². The van der Waals surface area contributed by atoms with Crippen molar-refractivity contribution in [1.82, 2.24) is 4.90 Å². The molecule has 6 N–H and O–H groups in total. The summed E-state index contributed by atoms with van der Waals surface area (Å²) in [7, 11) is 3.03. The van der Waals surface area contributed by atoms with Gasteiger partial charge in [-0.15, -0.1) is 0 Å². The quantitative estimate of drug-likeness (QED) is 0.139. The van der Waals surface area contributed by atoms with Crippen molar-refractivity contribution in [2.24, 2.45) is 11.7 Å². The maximum absolute atomic E-state index is 13.6. The number of aromatic hydroxyl groups is 1. The Labute approximate surface area is 225 Å². The van der Waals surface area contributed by atoms with E-state index < -0.39 is 52.1 Å². The van der Waals surface area contributed by atoms with Crippen molar-refractivity contribution >= 4 is 29.5 Å². The molecule has 0 unspecified atom stereocenters. The Morgan fingerprint density at radius 2 is 1.79 bits per heavy atom. The van der Waals surface area contributed by atoms with Crippen molar-refractivity contribution in [2.45, 2.75) is 38.3 Å². The maximum atomic E-state index is 13.6. The zero-order valence-electron chi connectivity index (χ0n) is 22.1. The average Bonchev–Trinajstić information content (AvgIpc) is 2.89. The van der Waals surface area contributed by atoms with Gasteiger partial charge in [0.15, 0.2) is 17.2 Å². The van der Waals surface area contributed by atoms with Crippen LogP contribution in [0.15, 0.2) is 53.8 Å². The summed E-state index contributed by atoms with van der Waals surface area (Å²) in [6.07, 6.45) is 1.68. The number of amides is 1. The van der Waals surface area contributed by atoms with Crippen molar-refractivity contribution < 1.29 is 39.6 Å². The van der Waals surface area contributed by atoms with E-state index in [2.05, 4.69) is 0 Å². The molecular weight excluding hydrogens is 504 g/mol. The molecule has 0 saturated heterocycles. The van der Waals surface area contributed by atoms with Gasteiger partial charge < -0.3 is 26.2 Å². The number of aliphatic hydroxyl groups is 3. The van der Waals surface area contributed by atoms with Gasteiger partial charge in [0.1, 0.15) is 29.1 Å². The molecule has 10 heteroatoms. The second kappa shape index (κ2) is 11.2. The van der Waals surface area contributed by atoms with Crippen LogP contribution in [-0.4, -0.2) is 74.8 Å². The molecule has 0 heterocycles. The summed E-state index contributed by atoms with van der Waals surface area (Å²) < 4.78 is 0. The monoisotopic (exact) mass is 536 g/mol. The standard InChI is InChI=1S/C29H32N2O8/c1-5-17-18(16-9-7-8-15(12-16)14-32)10-11-20(33)23(17)21(34)13-22(35)29(39)19(6-2)25(31(3)4)26(36)24(27(29)37)28(30)38/h7-14,19,25,33-34,37,39H,5-6H2,1-4H3,(H2,30,38)/t19-,25-,29-/m0/s1. The lowest BCUT2D eigenvalue weighted by Crippen LogP contribution is -2.62. The van der Waals surface area contributed by atoms with Gasteiger partial charge in [-0.25, -0.2) is 0 Å². The number of aldehydes is 1. The number of carbonyl (C=O) groups excluding carboxylic acids is 4. The first-order valence-corrected chi connectivity index (χ1v) is 12.4. The molecule has 206 valence electrons. The number of benzene rings is 2. The van der Waals surface area contributed by atoms with Crippen LogP contribution in [0.4, 0.5) is 0 Å². The fraction of sp³-hybridized carbons (Fsp3) is 0.310. The highest BCUT2D eigenvalue weighted by Crippen LogP contribution is 2.41. The first-order valence-electron chi connectivity index (χ1n) is 12.4. The number of hydrogen-bond donors (Lipinski definition) is 5.